The summed E-state index contributed by atoms with van der Waals surface area (Å²) in [4.78, 5) is 21.5. The Morgan fingerprint density at radius 3 is 2.86 bits per heavy atom. The van der Waals surface area contributed by atoms with E-state index < -0.39 is 5.97 Å². The van der Waals surface area contributed by atoms with Crippen LogP contribution in [0.4, 0.5) is 0 Å². The number of rotatable bonds is 6. The SMILES string of the molecule is Cc1cc(OCCN2CCOCC2)ccc1-c1nc2c(C(=O)O)cccc2[nH]1. The molecule has 0 atom stereocenters. The number of H-pyrrole nitrogens is 1. The van der Waals surface area contributed by atoms with Crippen LogP contribution >= 0.6 is 0 Å². The lowest BCUT2D eigenvalue weighted by molar-refractivity contribution is 0.0322. The van der Waals surface area contributed by atoms with Crippen LogP contribution in [0, 0.1) is 6.92 Å². The average molecular weight is 381 g/mol. The average Bonchev–Trinajstić information content (AvgIpc) is 3.12. The van der Waals surface area contributed by atoms with Gasteiger partial charge in [0, 0.05) is 25.2 Å². The highest BCUT2D eigenvalue weighted by Crippen LogP contribution is 2.28. The Morgan fingerprint density at radius 2 is 2.11 bits per heavy atom. The van der Waals surface area contributed by atoms with Gasteiger partial charge in [0.2, 0.25) is 0 Å². The third-order valence-corrected chi connectivity index (χ3v) is 4.98. The molecule has 0 unspecified atom stereocenters. The van der Waals surface area contributed by atoms with Gasteiger partial charge in [-0.25, -0.2) is 9.78 Å². The number of carboxylic acids is 1. The van der Waals surface area contributed by atoms with Gasteiger partial charge in [-0.2, -0.15) is 0 Å². The summed E-state index contributed by atoms with van der Waals surface area (Å²) in [5, 5.41) is 9.35. The van der Waals surface area contributed by atoms with Gasteiger partial charge in [0.05, 0.1) is 24.3 Å². The number of aromatic amines is 1. The number of carbonyl (C=O) groups is 1. The first-order chi connectivity index (χ1) is 13.6. The number of nitrogens with zero attached hydrogens (tertiary/aromatic N) is 2. The quantitative estimate of drug-likeness (QED) is 0.683. The molecule has 0 amide bonds. The number of aromatic nitrogens is 2. The Bertz CT molecular complexity index is 992. The van der Waals surface area contributed by atoms with Crippen molar-refractivity contribution in [2.24, 2.45) is 0 Å². The fourth-order valence-electron chi connectivity index (χ4n) is 3.44. The van der Waals surface area contributed by atoms with Crippen LogP contribution in [0.2, 0.25) is 0 Å². The second-order valence-corrected chi connectivity index (χ2v) is 6.87. The van der Waals surface area contributed by atoms with Crippen molar-refractivity contribution in [3.05, 3.63) is 47.5 Å². The Morgan fingerprint density at radius 1 is 1.29 bits per heavy atom. The van der Waals surface area contributed by atoms with Gasteiger partial charge < -0.3 is 19.6 Å². The number of hydrogen-bond acceptors (Lipinski definition) is 5. The predicted molar refractivity (Wildman–Crippen MR) is 106 cm³/mol. The zero-order valence-electron chi connectivity index (χ0n) is 15.8. The molecule has 0 aliphatic carbocycles. The summed E-state index contributed by atoms with van der Waals surface area (Å²) in [6.45, 7) is 6.98. The van der Waals surface area contributed by atoms with Crippen molar-refractivity contribution in [2.45, 2.75) is 6.92 Å². The number of benzene rings is 2. The summed E-state index contributed by atoms with van der Waals surface area (Å²) in [6.07, 6.45) is 0. The minimum Gasteiger partial charge on any atom is -0.492 e. The number of aromatic carboxylic acids is 1. The lowest BCUT2D eigenvalue weighted by Crippen LogP contribution is -2.38. The molecule has 3 aromatic rings. The second kappa shape index (κ2) is 8.00. The number of aryl methyl sites for hydroxylation is 1. The number of ether oxygens (including phenoxy) is 2. The van der Waals surface area contributed by atoms with Crippen molar-refractivity contribution in [3.8, 4) is 17.1 Å². The molecule has 1 aliphatic heterocycles. The van der Waals surface area contributed by atoms with Gasteiger partial charge in [0.15, 0.2) is 0 Å². The van der Waals surface area contributed by atoms with E-state index in [2.05, 4.69) is 14.9 Å². The third kappa shape index (κ3) is 3.85. The van der Waals surface area contributed by atoms with Crippen LogP contribution in [0.25, 0.3) is 22.4 Å². The summed E-state index contributed by atoms with van der Waals surface area (Å²) >= 11 is 0. The van der Waals surface area contributed by atoms with Gasteiger partial charge >= 0.3 is 5.97 Å². The summed E-state index contributed by atoms with van der Waals surface area (Å²) in [7, 11) is 0. The van der Waals surface area contributed by atoms with E-state index in [0.29, 0.717) is 23.5 Å². The largest absolute Gasteiger partial charge is 0.492 e. The highest BCUT2D eigenvalue weighted by Gasteiger charge is 2.15. The third-order valence-electron chi connectivity index (χ3n) is 4.98. The maximum Gasteiger partial charge on any atom is 0.337 e. The molecular formula is C21H23N3O4. The highest BCUT2D eigenvalue weighted by molar-refractivity contribution is 6.01. The highest BCUT2D eigenvalue weighted by atomic mass is 16.5. The molecule has 28 heavy (non-hydrogen) atoms. The zero-order chi connectivity index (χ0) is 19.5. The molecule has 2 heterocycles. The molecule has 7 heteroatoms. The topological polar surface area (TPSA) is 87.7 Å². The Labute approximate surface area is 162 Å². The molecule has 1 aliphatic rings. The molecule has 2 aromatic carbocycles. The maximum absolute atomic E-state index is 11.4. The van der Waals surface area contributed by atoms with Crippen LogP contribution in [0.1, 0.15) is 15.9 Å². The van der Waals surface area contributed by atoms with Crippen LogP contribution in [-0.2, 0) is 4.74 Å². The lowest BCUT2D eigenvalue weighted by atomic mass is 10.1. The van der Waals surface area contributed by atoms with Crippen LogP contribution < -0.4 is 4.74 Å². The first-order valence-electron chi connectivity index (χ1n) is 9.38. The fourth-order valence-corrected chi connectivity index (χ4v) is 3.44. The van der Waals surface area contributed by atoms with E-state index in [9.17, 15) is 9.90 Å². The minimum atomic E-state index is -0.982. The zero-order valence-corrected chi connectivity index (χ0v) is 15.8. The van der Waals surface area contributed by atoms with E-state index in [-0.39, 0.29) is 5.56 Å². The van der Waals surface area contributed by atoms with Gasteiger partial charge in [0.25, 0.3) is 0 Å². The first-order valence-corrected chi connectivity index (χ1v) is 9.38. The molecule has 0 bridgehead atoms. The molecule has 0 saturated carbocycles. The van der Waals surface area contributed by atoms with Gasteiger partial charge in [-0.05, 0) is 42.8 Å². The van der Waals surface area contributed by atoms with Gasteiger partial charge in [-0.15, -0.1) is 0 Å². The van der Waals surface area contributed by atoms with Crippen molar-refractivity contribution < 1.29 is 19.4 Å². The summed E-state index contributed by atoms with van der Waals surface area (Å²) in [5.41, 5.74) is 3.31. The van der Waals surface area contributed by atoms with Gasteiger partial charge in [0.1, 0.15) is 23.7 Å². The Kier molecular flexibility index (Phi) is 5.27. The molecule has 4 rings (SSSR count). The molecule has 1 fully saturated rings. The standard InChI is InChI=1S/C21H23N3O4/c1-14-13-15(28-12-9-24-7-10-27-11-8-24)5-6-16(14)20-22-18-4-2-3-17(21(25)26)19(18)23-20/h2-6,13H,7-12H2,1H3,(H,22,23)(H,25,26). The number of imidazole rings is 1. The molecule has 146 valence electrons. The molecule has 7 nitrogen and oxygen atoms in total. The van der Waals surface area contributed by atoms with Crippen molar-refractivity contribution >= 4 is 17.0 Å². The van der Waals surface area contributed by atoms with E-state index in [1.165, 1.54) is 0 Å². The van der Waals surface area contributed by atoms with Crippen LogP contribution in [0.3, 0.4) is 0 Å². The predicted octanol–water partition coefficient (Wildman–Crippen LogP) is 2.95. The van der Waals surface area contributed by atoms with Crippen molar-refractivity contribution in [1.82, 2.24) is 14.9 Å². The van der Waals surface area contributed by atoms with E-state index >= 15 is 0 Å². The lowest BCUT2D eigenvalue weighted by Gasteiger charge is -2.26. The van der Waals surface area contributed by atoms with E-state index in [4.69, 9.17) is 9.47 Å². The molecule has 0 radical (unpaired) electrons. The van der Waals surface area contributed by atoms with E-state index in [1.54, 1.807) is 12.1 Å². The molecule has 1 saturated heterocycles. The van der Waals surface area contributed by atoms with Crippen LogP contribution in [0.5, 0.6) is 5.75 Å². The monoisotopic (exact) mass is 381 g/mol. The van der Waals surface area contributed by atoms with E-state index in [0.717, 1.165) is 49.7 Å². The first kappa shape index (κ1) is 18.5. The van der Waals surface area contributed by atoms with Crippen LogP contribution in [-0.4, -0.2) is 65.4 Å². The van der Waals surface area contributed by atoms with Crippen molar-refractivity contribution in [1.29, 1.82) is 0 Å². The van der Waals surface area contributed by atoms with Crippen molar-refractivity contribution in [2.75, 3.05) is 39.5 Å². The Hall–Kier alpha value is -2.90. The number of para-hydroxylation sites is 1. The minimum absolute atomic E-state index is 0.195. The fraction of sp³-hybridized carbons (Fsp3) is 0.333. The molecule has 0 spiro atoms. The maximum atomic E-state index is 11.4. The molecular weight excluding hydrogens is 358 g/mol. The van der Waals surface area contributed by atoms with E-state index in [1.807, 2.05) is 31.2 Å². The van der Waals surface area contributed by atoms with Gasteiger partial charge in [-0.1, -0.05) is 6.07 Å². The number of nitrogens with one attached hydrogen (secondary N) is 1. The summed E-state index contributed by atoms with van der Waals surface area (Å²) < 4.78 is 11.3. The summed E-state index contributed by atoms with van der Waals surface area (Å²) in [6, 6.07) is 11.0. The van der Waals surface area contributed by atoms with Gasteiger partial charge in [-0.3, -0.25) is 4.90 Å². The number of morpholine rings is 1. The Balaban J connectivity index is 1.49. The summed E-state index contributed by atoms with van der Waals surface area (Å²) in [5.74, 6) is 0.488. The normalized spacial score (nSPS) is 15.0. The smallest absolute Gasteiger partial charge is 0.337 e. The number of hydrogen-bond donors (Lipinski definition) is 2. The number of carboxylic acid groups (broad SMARTS) is 1. The molecule has 2 N–H and O–H groups in total. The van der Waals surface area contributed by atoms with Crippen LogP contribution in [0.15, 0.2) is 36.4 Å². The molecule has 1 aromatic heterocycles. The van der Waals surface area contributed by atoms with Crippen molar-refractivity contribution in [3.63, 3.8) is 0 Å². The second-order valence-electron chi connectivity index (χ2n) is 6.87. The number of fused-ring (bicyclic) bond motifs is 1.